The number of hydrogen-bond donors (Lipinski definition) is 1. The first kappa shape index (κ1) is 14.6. The van der Waals surface area contributed by atoms with E-state index in [1.165, 1.54) is 61.6 Å². The van der Waals surface area contributed by atoms with Crippen LogP contribution in [0.2, 0.25) is 0 Å². The van der Waals surface area contributed by atoms with Gasteiger partial charge in [-0.15, -0.1) is 0 Å². The minimum atomic E-state index is 0.653. The van der Waals surface area contributed by atoms with Gasteiger partial charge in [0.25, 0.3) is 0 Å². The van der Waals surface area contributed by atoms with Gasteiger partial charge in [-0.25, -0.2) is 0 Å². The van der Waals surface area contributed by atoms with Gasteiger partial charge in [-0.3, -0.25) is 0 Å². The standard InChI is InChI=1S/C18H29N/c1-14-10-11-16(12-15(14)2)13-18(19-3)17-8-6-4-5-7-9-17/h10-12,17-19H,4-9,13H2,1-3H3. The summed E-state index contributed by atoms with van der Waals surface area (Å²) < 4.78 is 0. The van der Waals surface area contributed by atoms with Crippen molar-refractivity contribution >= 4 is 0 Å². The molecule has 1 aliphatic carbocycles. The van der Waals surface area contributed by atoms with Crippen LogP contribution >= 0.6 is 0 Å². The van der Waals surface area contributed by atoms with E-state index in [-0.39, 0.29) is 0 Å². The Labute approximate surface area is 118 Å². The first-order valence-electron chi connectivity index (χ1n) is 7.94. The average Bonchev–Trinajstić information content (AvgIpc) is 2.69. The molecular weight excluding hydrogens is 230 g/mol. The van der Waals surface area contributed by atoms with E-state index in [0.717, 1.165) is 5.92 Å². The zero-order valence-electron chi connectivity index (χ0n) is 12.8. The van der Waals surface area contributed by atoms with Crippen LogP contribution in [0.1, 0.15) is 55.2 Å². The predicted molar refractivity (Wildman–Crippen MR) is 83.7 cm³/mol. The average molecular weight is 259 g/mol. The van der Waals surface area contributed by atoms with Crippen LogP contribution in [0.25, 0.3) is 0 Å². The molecule has 1 heteroatoms. The summed E-state index contributed by atoms with van der Waals surface area (Å²) in [5.41, 5.74) is 4.32. The van der Waals surface area contributed by atoms with Crippen LogP contribution in [0, 0.1) is 19.8 Å². The summed E-state index contributed by atoms with van der Waals surface area (Å²) in [6.07, 6.45) is 9.74. The van der Waals surface area contributed by atoms with Crippen LogP contribution in [0.3, 0.4) is 0 Å². The van der Waals surface area contributed by atoms with E-state index < -0.39 is 0 Å². The van der Waals surface area contributed by atoms with Gasteiger partial charge in [0, 0.05) is 6.04 Å². The maximum absolute atomic E-state index is 3.58. The van der Waals surface area contributed by atoms with Gasteiger partial charge < -0.3 is 5.32 Å². The molecule has 0 heterocycles. The van der Waals surface area contributed by atoms with Crippen molar-refractivity contribution < 1.29 is 0 Å². The number of hydrogen-bond acceptors (Lipinski definition) is 1. The van der Waals surface area contributed by atoms with Gasteiger partial charge in [-0.05, 0) is 62.8 Å². The van der Waals surface area contributed by atoms with E-state index in [1.54, 1.807) is 0 Å². The molecule has 0 spiro atoms. The van der Waals surface area contributed by atoms with Crippen molar-refractivity contribution in [3.05, 3.63) is 34.9 Å². The van der Waals surface area contributed by atoms with Crippen molar-refractivity contribution in [2.45, 2.75) is 64.8 Å². The molecule has 0 amide bonds. The number of aryl methyl sites for hydroxylation is 2. The Morgan fingerprint density at radius 3 is 2.32 bits per heavy atom. The summed E-state index contributed by atoms with van der Waals surface area (Å²) in [7, 11) is 2.14. The Hall–Kier alpha value is -0.820. The monoisotopic (exact) mass is 259 g/mol. The lowest BCUT2D eigenvalue weighted by Crippen LogP contribution is -2.35. The Morgan fingerprint density at radius 1 is 1.05 bits per heavy atom. The van der Waals surface area contributed by atoms with Gasteiger partial charge >= 0.3 is 0 Å². The van der Waals surface area contributed by atoms with Gasteiger partial charge in [0.1, 0.15) is 0 Å². The Kier molecular flexibility index (Phi) is 5.45. The van der Waals surface area contributed by atoms with Crippen LogP contribution in [-0.2, 0) is 6.42 Å². The largest absolute Gasteiger partial charge is 0.316 e. The third-order valence-corrected chi connectivity index (χ3v) is 4.87. The second kappa shape index (κ2) is 7.09. The van der Waals surface area contributed by atoms with Crippen LogP contribution in [0.4, 0.5) is 0 Å². The molecule has 1 nitrogen and oxygen atoms in total. The quantitative estimate of drug-likeness (QED) is 0.790. The fourth-order valence-electron chi connectivity index (χ4n) is 3.40. The van der Waals surface area contributed by atoms with Gasteiger partial charge in [0.05, 0.1) is 0 Å². The second-order valence-corrected chi connectivity index (χ2v) is 6.27. The first-order valence-corrected chi connectivity index (χ1v) is 7.94. The van der Waals surface area contributed by atoms with E-state index in [9.17, 15) is 0 Å². The Bertz CT molecular complexity index is 389. The van der Waals surface area contributed by atoms with Crippen molar-refractivity contribution in [3.63, 3.8) is 0 Å². The van der Waals surface area contributed by atoms with Crippen LogP contribution < -0.4 is 5.32 Å². The molecule has 1 fully saturated rings. The number of rotatable bonds is 4. The molecule has 0 saturated heterocycles. The van der Waals surface area contributed by atoms with Crippen molar-refractivity contribution in [2.24, 2.45) is 5.92 Å². The molecule has 0 aliphatic heterocycles. The predicted octanol–water partition coefficient (Wildman–Crippen LogP) is 4.40. The summed E-state index contributed by atoms with van der Waals surface area (Å²) in [4.78, 5) is 0. The normalized spacial score (nSPS) is 19.1. The number of benzene rings is 1. The SMILES string of the molecule is CNC(Cc1ccc(C)c(C)c1)C1CCCCCC1. The Morgan fingerprint density at radius 2 is 1.74 bits per heavy atom. The minimum Gasteiger partial charge on any atom is -0.316 e. The summed E-state index contributed by atoms with van der Waals surface area (Å²) in [6.45, 7) is 4.42. The van der Waals surface area contributed by atoms with E-state index in [2.05, 4.69) is 44.4 Å². The molecule has 1 saturated carbocycles. The molecule has 0 aromatic heterocycles. The molecule has 1 atom stereocenters. The highest BCUT2D eigenvalue weighted by atomic mass is 14.9. The lowest BCUT2D eigenvalue weighted by Gasteiger charge is -2.26. The van der Waals surface area contributed by atoms with Crippen LogP contribution in [0.5, 0.6) is 0 Å². The number of likely N-dealkylation sites (N-methyl/N-ethyl adjacent to an activating group) is 1. The fraction of sp³-hybridized carbons (Fsp3) is 0.667. The van der Waals surface area contributed by atoms with Crippen molar-refractivity contribution in [2.75, 3.05) is 7.05 Å². The minimum absolute atomic E-state index is 0.653. The lowest BCUT2D eigenvalue weighted by molar-refractivity contribution is 0.332. The highest BCUT2D eigenvalue weighted by Gasteiger charge is 2.21. The molecule has 1 unspecified atom stereocenters. The van der Waals surface area contributed by atoms with E-state index >= 15 is 0 Å². The third-order valence-electron chi connectivity index (χ3n) is 4.87. The molecule has 1 N–H and O–H groups in total. The molecule has 2 rings (SSSR count). The summed E-state index contributed by atoms with van der Waals surface area (Å²) in [5, 5.41) is 3.58. The van der Waals surface area contributed by atoms with E-state index in [1.807, 2.05) is 0 Å². The van der Waals surface area contributed by atoms with Crippen molar-refractivity contribution in [1.29, 1.82) is 0 Å². The highest BCUT2D eigenvalue weighted by molar-refractivity contribution is 5.30. The van der Waals surface area contributed by atoms with Gasteiger partial charge in [0.2, 0.25) is 0 Å². The maximum Gasteiger partial charge on any atom is 0.0133 e. The van der Waals surface area contributed by atoms with Gasteiger partial charge in [-0.2, -0.15) is 0 Å². The Balaban J connectivity index is 2.02. The van der Waals surface area contributed by atoms with Crippen molar-refractivity contribution in [1.82, 2.24) is 5.32 Å². The maximum atomic E-state index is 3.58. The third kappa shape index (κ3) is 4.07. The zero-order chi connectivity index (χ0) is 13.7. The summed E-state index contributed by atoms with van der Waals surface area (Å²) in [6, 6.07) is 7.60. The molecule has 1 aliphatic rings. The van der Waals surface area contributed by atoms with Gasteiger partial charge in [-0.1, -0.05) is 43.9 Å². The zero-order valence-corrected chi connectivity index (χ0v) is 12.8. The van der Waals surface area contributed by atoms with E-state index in [0.29, 0.717) is 6.04 Å². The van der Waals surface area contributed by atoms with Crippen LogP contribution in [-0.4, -0.2) is 13.1 Å². The first-order chi connectivity index (χ1) is 9.20. The summed E-state index contributed by atoms with van der Waals surface area (Å²) >= 11 is 0. The highest BCUT2D eigenvalue weighted by Crippen LogP contribution is 2.27. The smallest absolute Gasteiger partial charge is 0.0133 e. The molecule has 19 heavy (non-hydrogen) atoms. The molecule has 0 radical (unpaired) electrons. The molecule has 1 aromatic rings. The second-order valence-electron chi connectivity index (χ2n) is 6.27. The molecule has 1 aromatic carbocycles. The fourth-order valence-corrected chi connectivity index (χ4v) is 3.40. The lowest BCUT2D eigenvalue weighted by atomic mass is 9.87. The molecule has 0 bridgehead atoms. The topological polar surface area (TPSA) is 12.0 Å². The van der Waals surface area contributed by atoms with E-state index in [4.69, 9.17) is 0 Å². The van der Waals surface area contributed by atoms with Crippen molar-refractivity contribution in [3.8, 4) is 0 Å². The van der Waals surface area contributed by atoms with Crippen LogP contribution in [0.15, 0.2) is 18.2 Å². The summed E-state index contributed by atoms with van der Waals surface area (Å²) in [5.74, 6) is 0.870. The molecule has 106 valence electrons. The number of nitrogens with one attached hydrogen (secondary N) is 1. The van der Waals surface area contributed by atoms with Gasteiger partial charge in [0.15, 0.2) is 0 Å². The molecular formula is C18H29N.